The Hall–Kier alpha value is -2.66. The van der Waals surface area contributed by atoms with Gasteiger partial charge in [0.15, 0.2) is 0 Å². The van der Waals surface area contributed by atoms with Crippen LogP contribution in [0, 0.1) is 5.92 Å². The van der Waals surface area contributed by atoms with Crippen molar-refractivity contribution in [1.82, 2.24) is 5.48 Å². The van der Waals surface area contributed by atoms with Gasteiger partial charge < -0.3 is 5.32 Å². The van der Waals surface area contributed by atoms with E-state index in [1.165, 1.54) is 12.5 Å². The van der Waals surface area contributed by atoms with Gasteiger partial charge in [0, 0.05) is 18.5 Å². The average molecular weight is 324 g/mol. The summed E-state index contributed by atoms with van der Waals surface area (Å²) in [6.07, 6.45) is 2.19. The maximum atomic E-state index is 11.6. The van der Waals surface area contributed by atoms with E-state index in [0.29, 0.717) is 6.42 Å². The summed E-state index contributed by atoms with van der Waals surface area (Å²) in [6, 6.07) is 14.0. The predicted molar refractivity (Wildman–Crippen MR) is 91.6 cm³/mol. The van der Waals surface area contributed by atoms with Crippen molar-refractivity contribution in [3.63, 3.8) is 0 Å². The van der Waals surface area contributed by atoms with Crippen LogP contribution in [0.4, 0.5) is 5.69 Å². The van der Waals surface area contributed by atoms with Crippen molar-refractivity contribution in [2.75, 3.05) is 5.32 Å². The van der Waals surface area contributed by atoms with Crippen molar-refractivity contribution < 1.29 is 14.8 Å². The van der Waals surface area contributed by atoms with Gasteiger partial charge in [0.2, 0.25) is 11.8 Å². The molecule has 3 N–H and O–H groups in total. The molecule has 0 aliphatic heterocycles. The number of carbonyl (C=O) groups excluding carboxylic acids is 2. The maximum absolute atomic E-state index is 11.6. The number of hydroxylamine groups is 1. The topological polar surface area (TPSA) is 78.4 Å². The van der Waals surface area contributed by atoms with E-state index in [2.05, 4.69) is 11.4 Å². The molecule has 1 aliphatic rings. The molecule has 5 heteroatoms. The van der Waals surface area contributed by atoms with Crippen LogP contribution >= 0.6 is 0 Å². The van der Waals surface area contributed by atoms with E-state index in [1.54, 1.807) is 5.48 Å². The fourth-order valence-electron chi connectivity index (χ4n) is 3.23. The van der Waals surface area contributed by atoms with E-state index in [0.717, 1.165) is 35.2 Å². The number of hydrogen-bond donors (Lipinski definition) is 3. The second kappa shape index (κ2) is 6.84. The molecule has 0 aromatic heterocycles. The number of rotatable bonds is 3. The van der Waals surface area contributed by atoms with Gasteiger partial charge in [-0.1, -0.05) is 30.3 Å². The Kier molecular flexibility index (Phi) is 4.62. The first kappa shape index (κ1) is 16.2. The fourth-order valence-corrected chi connectivity index (χ4v) is 3.23. The molecule has 0 saturated carbocycles. The summed E-state index contributed by atoms with van der Waals surface area (Å²) in [7, 11) is 0. The van der Waals surface area contributed by atoms with Gasteiger partial charge in [-0.15, -0.1) is 0 Å². The van der Waals surface area contributed by atoms with Crippen LogP contribution in [0.3, 0.4) is 0 Å². The number of benzene rings is 2. The summed E-state index contributed by atoms with van der Waals surface area (Å²) in [5.41, 5.74) is 7.04. The van der Waals surface area contributed by atoms with Gasteiger partial charge in [0.1, 0.15) is 0 Å². The molecule has 24 heavy (non-hydrogen) atoms. The minimum absolute atomic E-state index is 0.0919. The number of anilines is 1. The van der Waals surface area contributed by atoms with E-state index in [-0.39, 0.29) is 17.7 Å². The molecule has 0 saturated heterocycles. The fraction of sp³-hybridized carbons (Fsp3) is 0.263. The molecule has 0 fully saturated rings. The van der Waals surface area contributed by atoms with Crippen molar-refractivity contribution in [3.05, 3.63) is 53.6 Å². The smallest absolute Gasteiger partial charge is 0.246 e. The number of nitrogens with one attached hydrogen (secondary N) is 2. The molecular weight excluding hydrogens is 304 g/mol. The van der Waals surface area contributed by atoms with Crippen LogP contribution in [0.2, 0.25) is 0 Å². The number of amides is 2. The first-order valence-corrected chi connectivity index (χ1v) is 8.00. The highest BCUT2D eigenvalue weighted by Crippen LogP contribution is 2.30. The number of carbonyl (C=O) groups is 2. The largest absolute Gasteiger partial charge is 0.326 e. The molecule has 2 amide bonds. The molecule has 3 rings (SSSR count). The molecule has 2 aromatic carbocycles. The van der Waals surface area contributed by atoms with Gasteiger partial charge in [-0.3, -0.25) is 14.8 Å². The molecule has 0 radical (unpaired) electrons. The lowest BCUT2D eigenvalue weighted by molar-refractivity contribution is -0.133. The van der Waals surface area contributed by atoms with E-state index in [9.17, 15) is 9.59 Å². The van der Waals surface area contributed by atoms with Crippen molar-refractivity contribution in [2.24, 2.45) is 5.92 Å². The third kappa shape index (κ3) is 3.46. The molecule has 2 aromatic rings. The van der Waals surface area contributed by atoms with Crippen LogP contribution in [-0.4, -0.2) is 17.0 Å². The van der Waals surface area contributed by atoms with Crippen LogP contribution in [0.1, 0.15) is 24.5 Å². The van der Waals surface area contributed by atoms with Crippen molar-refractivity contribution >= 4 is 17.5 Å². The standard InChI is InChI=1S/C19H20N2O3/c1-12(22)20-18-4-2-3-13(11-18)14-5-6-16-10-17(19(23)21-24)8-7-15(16)9-14/h2-6,9,11,17,24H,7-8,10H2,1H3,(H,20,22)(H,21,23). The van der Waals surface area contributed by atoms with E-state index in [1.807, 2.05) is 36.4 Å². The van der Waals surface area contributed by atoms with Gasteiger partial charge >= 0.3 is 0 Å². The van der Waals surface area contributed by atoms with Crippen LogP contribution in [0.5, 0.6) is 0 Å². The molecule has 5 nitrogen and oxygen atoms in total. The SMILES string of the molecule is CC(=O)Nc1cccc(-c2ccc3c(c2)CCC(C(=O)NO)C3)c1. The van der Waals surface area contributed by atoms with Crippen LogP contribution in [0.15, 0.2) is 42.5 Å². The first-order chi connectivity index (χ1) is 11.6. The molecule has 0 heterocycles. The summed E-state index contributed by atoms with van der Waals surface area (Å²) < 4.78 is 0. The lowest BCUT2D eigenvalue weighted by Crippen LogP contribution is -2.31. The molecule has 1 atom stereocenters. The second-order valence-corrected chi connectivity index (χ2v) is 6.16. The van der Waals surface area contributed by atoms with E-state index >= 15 is 0 Å². The molecular formula is C19H20N2O3. The van der Waals surface area contributed by atoms with Gasteiger partial charge in [0.25, 0.3) is 0 Å². The second-order valence-electron chi connectivity index (χ2n) is 6.16. The Morgan fingerprint density at radius 2 is 1.88 bits per heavy atom. The Balaban J connectivity index is 1.85. The average Bonchev–Trinajstić information content (AvgIpc) is 2.59. The number of hydrogen-bond acceptors (Lipinski definition) is 3. The van der Waals surface area contributed by atoms with E-state index < -0.39 is 0 Å². The normalized spacial score (nSPS) is 16.2. The Morgan fingerprint density at radius 1 is 1.08 bits per heavy atom. The quantitative estimate of drug-likeness (QED) is 0.600. The summed E-state index contributed by atoms with van der Waals surface area (Å²) >= 11 is 0. The highest BCUT2D eigenvalue weighted by atomic mass is 16.5. The summed E-state index contributed by atoms with van der Waals surface area (Å²) in [4.78, 5) is 22.8. The molecule has 0 spiro atoms. The Morgan fingerprint density at radius 3 is 2.62 bits per heavy atom. The number of fused-ring (bicyclic) bond motifs is 1. The molecule has 1 aliphatic carbocycles. The van der Waals surface area contributed by atoms with Crippen molar-refractivity contribution in [2.45, 2.75) is 26.2 Å². The zero-order valence-corrected chi connectivity index (χ0v) is 13.5. The van der Waals surface area contributed by atoms with Crippen LogP contribution in [0.25, 0.3) is 11.1 Å². The monoisotopic (exact) mass is 324 g/mol. The van der Waals surface area contributed by atoms with E-state index in [4.69, 9.17) is 5.21 Å². The predicted octanol–water partition coefficient (Wildman–Crippen LogP) is 2.92. The van der Waals surface area contributed by atoms with Crippen LogP contribution < -0.4 is 10.8 Å². The third-order valence-corrected chi connectivity index (χ3v) is 4.43. The highest BCUT2D eigenvalue weighted by Gasteiger charge is 2.24. The molecule has 0 bridgehead atoms. The van der Waals surface area contributed by atoms with Crippen molar-refractivity contribution in [3.8, 4) is 11.1 Å². The summed E-state index contributed by atoms with van der Waals surface area (Å²) in [6.45, 7) is 1.49. The lowest BCUT2D eigenvalue weighted by atomic mass is 9.82. The first-order valence-electron chi connectivity index (χ1n) is 8.00. The van der Waals surface area contributed by atoms with Gasteiger partial charge in [-0.25, -0.2) is 5.48 Å². The lowest BCUT2D eigenvalue weighted by Gasteiger charge is -2.23. The third-order valence-electron chi connectivity index (χ3n) is 4.43. The minimum atomic E-state index is -0.312. The summed E-state index contributed by atoms with van der Waals surface area (Å²) in [5, 5.41) is 11.6. The van der Waals surface area contributed by atoms with Gasteiger partial charge in [0.05, 0.1) is 0 Å². The number of aryl methyl sites for hydroxylation is 1. The summed E-state index contributed by atoms with van der Waals surface area (Å²) in [5.74, 6) is -0.574. The molecule has 124 valence electrons. The molecule has 1 unspecified atom stereocenters. The highest BCUT2D eigenvalue weighted by molar-refractivity contribution is 5.89. The maximum Gasteiger partial charge on any atom is 0.246 e. The van der Waals surface area contributed by atoms with Gasteiger partial charge in [-0.2, -0.15) is 0 Å². The van der Waals surface area contributed by atoms with Crippen LogP contribution in [-0.2, 0) is 22.4 Å². The van der Waals surface area contributed by atoms with Gasteiger partial charge in [-0.05, 0) is 53.6 Å². The Bertz CT molecular complexity index is 786. The Labute approximate surface area is 140 Å². The minimum Gasteiger partial charge on any atom is -0.326 e. The zero-order valence-electron chi connectivity index (χ0n) is 13.5. The zero-order chi connectivity index (χ0) is 17.1. The van der Waals surface area contributed by atoms with Crippen molar-refractivity contribution in [1.29, 1.82) is 0 Å².